The van der Waals surface area contributed by atoms with Crippen LogP contribution in [0, 0.1) is 5.21 Å². The van der Waals surface area contributed by atoms with Crippen molar-refractivity contribution in [1.82, 2.24) is 4.98 Å². The van der Waals surface area contributed by atoms with Crippen LogP contribution in [0.4, 0.5) is 0 Å². The molecule has 116 valence electrons. The number of rotatable bonds is 3. The lowest BCUT2D eigenvalue weighted by atomic mass is 9.96. The highest BCUT2D eigenvalue weighted by molar-refractivity contribution is 5.37. The van der Waals surface area contributed by atoms with Crippen molar-refractivity contribution in [3.63, 3.8) is 0 Å². The number of fused-ring (bicyclic) bond motifs is 1. The Balaban J connectivity index is 2.05. The lowest BCUT2D eigenvalue weighted by Gasteiger charge is -2.21. The van der Waals surface area contributed by atoms with Crippen molar-refractivity contribution in [2.24, 2.45) is 0 Å². The summed E-state index contributed by atoms with van der Waals surface area (Å²) in [6.07, 6.45) is 3.65. The van der Waals surface area contributed by atoms with Crippen molar-refractivity contribution in [2.45, 2.75) is 45.4 Å². The molecule has 1 aromatic carbocycles. The Bertz CT molecular complexity index is 681. The van der Waals surface area contributed by atoms with Gasteiger partial charge in [0.25, 0.3) is 0 Å². The Morgan fingerprint density at radius 1 is 1.18 bits per heavy atom. The Labute approximate surface area is 129 Å². The molecule has 22 heavy (non-hydrogen) atoms. The van der Waals surface area contributed by atoms with Crippen LogP contribution in [0.25, 0.3) is 0 Å². The molecule has 0 saturated heterocycles. The maximum Gasteiger partial charge on any atom is 0.340 e. The summed E-state index contributed by atoms with van der Waals surface area (Å²) in [5, 5.41) is 21.8. The van der Waals surface area contributed by atoms with Gasteiger partial charge in [0, 0.05) is 6.42 Å². The van der Waals surface area contributed by atoms with Gasteiger partial charge in [-0.25, -0.2) is 4.73 Å². The van der Waals surface area contributed by atoms with Crippen LogP contribution in [0.5, 0.6) is 17.4 Å². The van der Waals surface area contributed by atoms with Crippen LogP contribution in [0.2, 0.25) is 0 Å². The molecular weight excluding hydrogens is 280 g/mol. The van der Waals surface area contributed by atoms with E-state index in [1.165, 1.54) is 0 Å². The average molecular weight is 300 g/mol. The zero-order chi connectivity index (χ0) is 15.7. The van der Waals surface area contributed by atoms with E-state index in [2.05, 4.69) is 4.98 Å². The first-order chi connectivity index (χ1) is 10.6. The van der Waals surface area contributed by atoms with E-state index >= 15 is 0 Å². The monoisotopic (exact) mass is 300 g/mol. The van der Waals surface area contributed by atoms with Crippen LogP contribution in [0.3, 0.4) is 0 Å². The van der Waals surface area contributed by atoms with E-state index in [1.807, 2.05) is 13.8 Å². The van der Waals surface area contributed by atoms with E-state index in [0.29, 0.717) is 17.5 Å². The van der Waals surface area contributed by atoms with E-state index in [4.69, 9.17) is 4.74 Å². The third-order valence-corrected chi connectivity index (χ3v) is 3.93. The van der Waals surface area contributed by atoms with Gasteiger partial charge < -0.3 is 15.1 Å². The van der Waals surface area contributed by atoms with Crippen LogP contribution in [0.15, 0.2) is 24.3 Å². The van der Waals surface area contributed by atoms with Gasteiger partial charge in [0.15, 0.2) is 0 Å². The Kier molecular flexibility index (Phi) is 3.88. The second-order valence-corrected chi connectivity index (χ2v) is 5.95. The van der Waals surface area contributed by atoms with Crippen LogP contribution in [0.1, 0.15) is 49.7 Å². The SMILES string of the molecule is CC(C)c1nc(Oc2ccc(O)cc2)c2c([n+]1[O-])CCCC2. The third kappa shape index (κ3) is 2.71. The maximum atomic E-state index is 12.5. The van der Waals surface area contributed by atoms with Gasteiger partial charge in [-0.15, -0.1) is 0 Å². The summed E-state index contributed by atoms with van der Waals surface area (Å²) in [5.74, 6) is 1.85. The van der Waals surface area contributed by atoms with Crippen LogP contribution < -0.4 is 9.47 Å². The summed E-state index contributed by atoms with van der Waals surface area (Å²) < 4.78 is 6.89. The summed E-state index contributed by atoms with van der Waals surface area (Å²) in [6.45, 7) is 3.91. The van der Waals surface area contributed by atoms with Gasteiger partial charge >= 0.3 is 11.7 Å². The molecule has 0 amide bonds. The minimum Gasteiger partial charge on any atom is -0.711 e. The van der Waals surface area contributed by atoms with Crippen LogP contribution in [-0.2, 0) is 12.8 Å². The highest BCUT2D eigenvalue weighted by atomic mass is 16.5. The van der Waals surface area contributed by atoms with E-state index in [0.717, 1.165) is 41.7 Å². The predicted octanol–water partition coefficient (Wildman–Crippen LogP) is 3.22. The maximum absolute atomic E-state index is 12.5. The van der Waals surface area contributed by atoms with E-state index in [-0.39, 0.29) is 11.7 Å². The number of phenols is 1. The number of aromatic nitrogens is 2. The third-order valence-electron chi connectivity index (χ3n) is 3.93. The van der Waals surface area contributed by atoms with Gasteiger partial charge in [-0.1, -0.05) is 13.8 Å². The average Bonchev–Trinajstić information content (AvgIpc) is 2.52. The molecular formula is C17H20N2O3. The van der Waals surface area contributed by atoms with Crippen molar-refractivity contribution in [3.05, 3.63) is 46.6 Å². The highest BCUT2D eigenvalue weighted by Gasteiger charge is 2.28. The molecule has 1 heterocycles. The number of hydrogen-bond donors (Lipinski definition) is 1. The van der Waals surface area contributed by atoms with Crippen molar-refractivity contribution in [1.29, 1.82) is 0 Å². The lowest BCUT2D eigenvalue weighted by molar-refractivity contribution is -0.628. The lowest BCUT2D eigenvalue weighted by Crippen LogP contribution is -2.41. The fraction of sp³-hybridized carbons (Fsp3) is 0.412. The van der Waals surface area contributed by atoms with E-state index in [9.17, 15) is 10.3 Å². The summed E-state index contributed by atoms with van der Waals surface area (Å²) >= 11 is 0. The number of nitrogens with zero attached hydrogens (tertiary/aromatic N) is 2. The molecule has 5 nitrogen and oxygen atoms in total. The van der Waals surface area contributed by atoms with Gasteiger partial charge in [-0.05, 0) is 48.5 Å². The van der Waals surface area contributed by atoms with Crippen molar-refractivity contribution < 1.29 is 14.6 Å². The fourth-order valence-electron chi connectivity index (χ4n) is 2.77. The van der Waals surface area contributed by atoms with Crippen LogP contribution >= 0.6 is 0 Å². The van der Waals surface area contributed by atoms with Crippen molar-refractivity contribution >= 4 is 0 Å². The molecule has 0 fully saturated rings. The summed E-state index contributed by atoms with van der Waals surface area (Å²) in [7, 11) is 0. The molecule has 5 heteroatoms. The predicted molar refractivity (Wildman–Crippen MR) is 82.1 cm³/mol. The molecule has 3 rings (SSSR count). The zero-order valence-corrected chi connectivity index (χ0v) is 12.9. The zero-order valence-electron chi connectivity index (χ0n) is 12.9. The quantitative estimate of drug-likeness (QED) is 0.698. The summed E-state index contributed by atoms with van der Waals surface area (Å²) in [5.41, 5.74) is 1.71. The molecule has 1 aliphatic rings. The normalized spacial score (nSPS) is 14.0. The Morgan fingerprint density at radius 2 is 1.86 bits per heavy atom. The minimum atomic E-state index is 0.0342. The van der Waals surface area contributed by atoms with Crippen molar-refractivity contribution in [3.8, 4) is 17.4 Å². The number of aromatic hydroxyl groups is 1. The molecule has 0 unspecified atom stereocenters. The molecule has 1 aliphatic carbocycles. The topological polar surface area (TPSA) is 69.3 Å². The smallest absolute Gasteiger partial charge is 0.340 e. The fourth-order valence-corrected chi connectivity index (χ4v) is 2.77. The first kappa shape index (κ1) is 14.6. The second kappa shape index (κ2) is 5.83. The standard InChI is InChI=1S/C17H20N2O3/c1-11(2)16-18-17(22-13-9-7-12(20)8-10-13)14-5-3-4-6-15(14)19(16)21/h7-11,20H,3-6H2,1-2H3. The first-order valence-corrected chi connectivity index (χ1v) is 7.68. The summed E-state index contributed by atoms with van der Waals surface area (Å²) in [4.78, 5) is 4.47. The molecule has 0 spiro atoms. The molecule has 1 aromatic heterocycles. The number of ether oxygens (including phenoxy) is 1. The molecule has 0 bridgehead atoms. The first-order valence-electron chi connectivity index (χ1n) is 7.68. The van der Waals surface area contributed by atoms with E-state index < -0.39 is 0 Å². The molecule has 0 atom stereocenters. The molecule has 0 aliphatic heterocycles. The molecule has 0 radical (unpaired) electrons. The second-order valence-electron chi connectivity index (χ2n) is 5.95. The number of benzene rings is 1. The minimum absolute atomic E-state index is 0.0342. The van der Waals surface area contributed by atoms with E-state index in [1.54, 1.807) is 24.3 Å². The summed E-state index contributed by atoms with van der Waals surface area (Å²) in [6, 6.07) is 6.53. The molecule has 2 aromatic rings. The van der Waals surface area contributed by atoms with Crippen molar-refractivity contribution in [2.75, 3.05) is 0 Å². The van der Waals surface area contributed by atoms with Gasteiger partial charge in [0.05, 0.1) is 11.5 Å². The highest BCUT2D eigenvalue weighted by Crippen LogP contribution is 2.31. The number of hydrogen-bond acceptors (Lipinski definition) is 4. The van der Waals surface area contributed by atoms with Gasteiger partial charge in [-0.3, -0.25) is 0 Å². The molecule has 1 N–H and O–H groups in total. The Morgan fingerprint density at radius 3 is 2.55 bits per heavy atom. The van der Waals surface area contributed by atoms with Gasteiger partial charge in [0.1, 0.15) is 17.2 Å². The van der Waals surface area contributed by atoms with Gasteiger partial charge in [-0.2, -0.15) is 0 Å². The number of phenolic OH excluding ortho intramolecular Hbond substituents is 1. The Hall–Kier alpha value is -2.30. The van der Waals surface area contributed by atoms with Gasteiger partial charge in [0.2, 0.25) is 0 Å². The van der Waals surface area contributed by atoms with Crippen LogP contribution in [-0.4, -0.2) is 10.1 Å². The molecule has 0 saturated carbocycles. The largest absolute Gasteiger partial charge is 0.711 e.